The second kappa shape index (κ2) is 5.82. The molecule has 0 amide bonds. The van der Waals surface area contributed by atoms with E-state index in [1.54, 1.807) is 11.3 Å². The summed E-state index contributed by atoms with van der Waals surface area (Å²) in [5, 5.41) is 2.13. The van der Waals surface area contributed by atoms with Crippen LogP contribution in [-0.2, 0) is 6.54 Å². The summed E-state index contributed by atoms with van der Waals surface area (Å²) in [4.78, 5) is 14.4. The van der Waals surface area contributed by atoms with Crippen molar-refractivity contribution in [1.82, 2.24) is 4.90 Å². The van der Waals surface area contributed by atoms with Crippen LogP contribution < -0.4 is 0 Å². The summed E-state index contributed by atoms with van der Waals surface area (Å²) in [6.07, 6.45) is 7.03. The van der Waals surface area contributed by atoms with E-state index in [-0.39, 0.29) is 0 Å². The molecule has 3 heterocycles. The van der Waals surface area contributed by atoms with Crippen molar-refractivity contribution in [2.75, 3.05) is 0 Å². The van der Waals surface area contributed by atoms with Gasteiger partial charge in [0.25, 0.3) is 0 Å². The van der Waals surface area contributed by atoms with E-state index < -0.39 is 0 Å². The van der Waals surface area contributed by atoms with Crippen LogP contribution >= 0.6 is 11.3 Å². The molecule has 1 aromatic carbocycles. The van der Waals surface area contributed by atoms with Gasteiger partial charge in [-0.15, -0.1) is 11.3 Å². The maximum atomic E-state index is 10.9. The van der Waals surface area contributed by atoms with Gasteiger partial charge in [0.15, 0.2) is 6.29 Å². The van der Waals surface area contributed by atoms with Crippen LogP contribution in [0, 0.1) is 0 Å². The first-order valence-electron chi connectivity index (χ1n) is 7.88. The molecule has 3 heteroatoms. The van der Waals surface area contributed by atoms with Crippen molar-refractivity contribution in [2.24, 2.45) is 0 Å². The Morgan fingerprint density at radius 3 is 2.82 bits per heavy atom. The number of aldehydes is 1. The average Bonchev–Trinajstić information content (AvgIpc) is 3.11. The highest BCUT2D eigenvalue weighted by atomic mass is 32.1. The average molecular weight is 309 g/mol. The minimum atomic E-state index is 0.550. The van der Waals surface area contributed by atoms with Gasteiger partial charge in [0.1, 0.15) is 0 Å². The highest BCUT2D eigenvalue weighted by molar-refractivity contribution is 7.11. The largest absolute Gasteiger partial charge is 0.297 e. The van der Waals surface area contributed by atoms with Gasteiger partial charge in [-0.1, -0.05) is 36.4 Å². The van der Waals surface area contributed by atoms with Crippen LogP contribution in [0.5, 0.6) is 0 Å². The molecule has 0 spiro atoms. The highest BCUT2D eigenvalue weighted by Crippen LogP contribution is 2.40. The van der Waals surface area contributed by atoms with Crippen molar-refractivity contribution < 1.29 is 4.79 Å². The maximum Gasteiger partial charge on any atom is 0.160 e. The molecule has 2 aliphatic heterocycles. The normalized spacial score (nSPS) is 24.3. The Morgan fingerprint density at radius 2 is 2.09 bits per heavy atom. The van der Waals surface area contributed by atoms with Gasteiger partial charge >= 0.3 is 0 Å². The molecule has 2 aromatic rings. The van der Waals surface area contributed by atoms with Gasteiger partial charge in [0, 0.05) is 18.6 Å². The van der Waals surface area contributed by atoms with E-state index >= 15 is 0 Å². The molecule has 22 heavy (non-hydrogen) atoms. The second-order valence-electron chi connectivity index (χ2n) is 6.21. The van der Waals surface area contributed by atoms with Crippen molar-refractivity contribution in [3.63, 3.8) is 0 Å². The van der Waals surface area contributed by atoms with Gasteiger partial charge in [-0.3, -0.25) is 9.69 Å². The maximum absolute atomic E-state index is 10.9. The Balaban J connectivity index is 1.56. The van der Waals surface area contributed by atoms with E-state index in [0.29, 0.717) is 12.1 Å². The Morgan fingerprint density at radius 1 is 1.23 bits per heavy atom. The summed E-state index contributed by atoms with van der Waals surface area (Å²) in [7, 11) is 0. The Labute approximate surface area is 135 Å². The van der Waals surface area contributed by atoms with E-state index in [1.807, 2.05) is 6.07 Å². The number of fused-ring (bicyclic) bond motifs is 2. The summed E-state index contributed by atoms with van der Waals surface area (Å²) in [6.45, 7) is 1.04. The fourth-order valence-corrected chi connectivity index (χ4v) is 4.49. The van der Waals surface area contributed by atoms with Crippen LogP contribution in [0.4, 0.5) is 0 Å². The molecule has 1 fully saturated rings. The van der Waals surface area contributed by atoms with Crippen molar-refractivity contribution in [1.29, 1.82) is 0 Å². The Kier molecular flexibility index (Phi) is 3.68. The summed E-state index contributed by atoms with van der Waals surface area (Å²) in [5.41, 5.74) is 4.08. The fourth-order valence-electron chi connectivity index (χ4n) is 3.76. The zero-order valence-electron chi connectivity index (χ0n) is 12.4. The van der Waals surface area contributed by atoms with E-state index in [1.165, 1.54) is 29.5 Å². The summed E-state index contributed by atoms with van der Waals surface area (Å²) >= 11 is 1.55. The minimum absolute atomic E-state index is 0.550. The van der Waals surface area contributed by atoms with Crippen molar-refractivity contribution in [3.8, 4) is 0 Å². The number of nitrogens with zero attached hydrogens (tertiary/aromatic N) is 1. The number of thiophene rings is 1. The van der Waals surface area contributed by atoms with Gasteiger partial charge < -0.3 is 0 Å². The molecule has 0 aliphatic carbocycles. The minimum Gasteiger partial charge on any atom is -0.297 e. The third kappa shape index (κ3) is 2.55. The molecule has 2 aliphatic rings. The van der Waals surface area contributed by atoms with Gasteiger partial charge in [-0.05, 0) is 47.4 Å². The van der Waals surface area contributed by atoms with Crippen LogP contribution in [0.2, 0.25) is 0 Å². The Bertz CT molecular complexity index is 703. The standard InChI is InChI=1S/C19H19NOS/c21-12-19-10-16(13-22-19)15-8-17-6-7-18(9-15)20(17)11-14-4-2-1-3-5-14/h1-5,8,10,12-13,17-18H,6-7,9,11H2. The Hall–Kier alpha value is -1.71. The number of benzene rings is 1. The number of carbonyl (C=O) groups is 1. The lowest BCUT2D eigenvalue weighted by Crippen LogP contribution is -2.37. The molecule has 2 unspecified atom stereocenters. The third-order valence-corrected chi connectivity index (χ3v) is 5.71. The van der Waals surface area contributed by atoms with Gasteiger partial charge in [-0.25, -0.2) is 0 Å². The summed E-state index contributed by atoms with van der Waals surface area (Å²) in [6, 6.07) is 14.0. The van der Waals surface area contributed by atoms with Crippen molar-refractivity contribution in [3.05, 3.63) is 63.9 Å². The zero-order chi connectivity index (χ0) is 14.9. The predicted molar refractivity (Wildman–Crippen MR) is 91.1 cm³/mol. The monoisotopic (exact) mass is 309 g/mol. The number of hydrogen-bond donors (Lipinski definition) is 0. The van der Waals surface area contributed by atoms with Crippen molar-refractivity contribution >= 4 is 23.2 Å². The molecule has 112 valence electrons. The first kappa shape index (κ1) is 13.9. The molecule has 0 saturated carbocycles. The van der Waals surface area contributed by atoms with Crippen LogP contribution in [0.1, 0.15) is 40.1 Å². The lowest BCUT2D eigenvalue weighted by Gasteiger charge is -2.34. The molecule has 1 aromatic heterocycles. The van der Waals surface area contributed by atoms with Crippen LogP contribution in [-0.4, -0.2) is 23.3 Å². The molecule has 0 radical (unpaired) electrons. The van der Waals surface area contributed by atoms with Crippen LogP contribution in [0.3, 0.4) is 0 Å². The van der Waals surface area contributed by atoms with E-state index in [9.17, 15) is 4.79 Å². The third-order valence-electron chi connectivity index (χ3n) is 4.85. The van der Waals surface area contributed by atoms with E-state index in [4.69, 9.17) is 0 Å². The second-order valence-corrected chi connectivity index (χ2v) is 7.15. The summed E-state index contributed by atoms with van der Waals surface area (Å²) in [5.74, 6) is 0. The van der Waals surface area contributed by atoms with Gasteiger partial charge in [-0.2, -0.15) is 0 Å². The fraction of sp³-hybridized carbons (Fsp3) is 0.316. The molecular weight excluding hydrogens is 290 g/mol. The van der Waals surface area contributed by atoms with E-state index in [0.717, 1.165) is 24.1 Å². The molecular formula is C19H19NOS. The number of rotatable bonds is 4. The SMILES string of the molecule is O=Cc1cc(C2=CC3CCC(C2)N3Cc2ccccc2)cs1. The molecule has 2 nitrogen and oxygen atoms in total. The molecule has 4 rings (SSSR count). The zero-order valence-corrected chi connectivity index (χ0v) is 13.3. The van der Waals surface area contributed by atoms with Crippen molar-refractivity contribution in [2.45, 2.75) is 37.9 Å². The van der Waals surface area contributed by atoms with Crippen LogP contribution in [0.15, 0.2) is 47.9 Å². The number of carbonyl (C=O) groups excluding carboxylic acids is 1. The quantitative estimate of drug-likeness (QED) is 0.781. The molecule has 2 atom stereocenters. The molecule has 2 bridgehead atoms. The first-order chi connectivity index (χ1) is 10.8. The lowest BCUT2D eigenvalue weighted by atomic mass is 9.96. The van der Waals surface area contributed by atoms with Gasteiger partial charge in [0.2, 0.25) is 0 Å². The lowest BCUT2D eigenvalue weighted by molar-refractivity contribution is 0.112. The highest BCUT2D eigenvalue weighted by Gasteiger charge is 2.36. The molecule has 0 N–H and O–H groups in total. The topological polar surface area (TPSA) is 20.3 Å². The van der Waals surface area contributed by atoms with E-state index in [2.05, 4.69) is 46.7 Å². The first-order valence-corrected chi connectivity index (χ1v) is 8.76. The van der Waals surface area contributed by atoms with Crippen LogP contribution in [0.25, 0.3) is 5.57 Å². The van der Waals surface area contributed by atoms with Gasteiger partial charge in [0.05, 0.1) is 4.88 Å². The summed E-state index contributed by atoms with van der Waals surface area (Å²) < 4.78 is 0. The number of hydrogen-bond acceptors (Lipinski definition) is 3. The molecule has 1 saturated heterocycles. The smallest absolute Gasteiger partial charge is 0.160 e. The predicted octanol–water partition coefficient (Wildman–Crippen LogP) is 4.38.